The topological polar surface area (TPSA) is 29.0 Å². The van der Waals surface area contributed by atoms with Crippen LogP contribution in [0, 0.1) is 0 Å². The molecule has 0 aromatic carbocycles. The molecular weight excluding hydrogens is 145 g/mol. The highest BCUT2D eigenvalue weighted by atomic mass is 31.0. The Morgan fingerprint density at radius 2 is 1.70 bits per heavy atom. The molecule has 0 bridgehead atoms. The van der Waals surface area contributed by atoms with E-state index < -0.39 is 0 Å². The molecule has 0 fully saturated rings. The second-order valence-corrected chi connectivity index (χ2v) is 3.09. The van der Waals surface area contributed by atoms with Crippen LogP contribution in [0.15, 0.2) is 12.4 Å². The summed E-state index contributed by atoms with van der Waals surface area (Å²) in [6.45, 7) is 1.82. The van der Waals surface area contributed by atoms with Crippen molar-refractivity contribution in [2.45, 2.75) is 13.1 Å². The molecule has 3 nitrogen and oxygen atoms in total. The van der Waals surface area contributed by atoms with Gasteiger partial charge in [-0.25, -0.2) is 0 Å². The molecule has 1 aromatic heterocycles. The normalized spacial score (nSPS) is 17.3. The first-order valence-corrected chi connectivity index (χ1v) is 3.66. The van der Waals surface area contributed by atoms with E-state index in [4.69, 9.17) is 0 Å². The van der Waals surface area contributed by atoms with Crippen molar-refractivity contribution in [2.24, 2.45) is 0 Å². The second-order valence-electron chi connectivity index (χ2n) is 2.35. The maximum atomic E-state index is 4.19. The molecule has 1 aliphatic rings. The molecule has 10 heavy (non-hydrogen) atoms. The molecule has 0 saturated heterocycles. The summed E-state index contributed by atoms with van der Waals surface area (Å²) in [4.78, 5) is 8.38. The predicted molar refractivity (Wildman–Crippen MR) is 41.0 cm³/mol. The van der Waals surface area contributed by atoms with Crippen molar-refractivity contribution in [1.82, 2.24) is 14.6 Å². The highest BCUT2D eigenvalue weighted by Crippen LogP contribution is 2.20. The van der Waals surface area contributed by atoms with Gasteiger partial charge >= 0.3 is 0 Å². The van der Waals surface area contributed by atoms with Crippen molar-refractivity contribution in [3.8, 4) is 0 Å². The van der Waals surface area contributed by atoms with Crippen molar-refractivity contribution in [2.75, 3.05) is 0 Å². The SMILES string of the molecule is PN1Cc2nccnc2C1. The van der Waals surface area contributed by atoms with Gasteiger partial charge in [0.05, 0.1) is 11.4 Å². The number of hydrogen-bond acceptors (Lipinski definition) is 3. The lowest BCUT2D eigenvalue weighted by Crippen LogP contribution is -1.98. The van der Waals surface area contributed by atoms with Gasteiger partial charge in [-0.05, 0) is 0 Å². The van der Waals surface area contributed by atoms with E-state index in [0.717, 1.165) is 24.5 Å². The highest BCUT2D eigenvalue weighted by Gasteiger charge is 2.16. The number of hydrogen-bond donors (Lipinski definition) is 0. The van der Waals surface area contributed by atoms with Crippen LogP contribution in [0.5, 0.6) is 0 Å². The summed E-state index contributed by atoms with van der Waals surface area (Å²) in [5.41, 5.74) is 2.22. The quantitative estimate of drug-likeness (QED) is 0.510. The Balaban J connectivity index is 2.42. The van der Waals surface area contributed by atoms with E-state index in [2.05, 4.69) is 24.0 Å². The third-order valence-corrected chi connectivity index (χ3v) is 1.93. The third-order valence-electron chi connectivity index (χ3n) is 1.57. The molecule has 2 rings (SSSR count). The van der Waals surface area contributed by atoms with E-state index in [9.17, 15) is 0 Å². The summed E-state index contributed by atoms with van der Waals surface area (Å²) in [5.74, 6) is 0. The van der Waals surface area contributed by atoms with Gasteiger partial charge in [-0.15, -0.1) is 0 Å². The summed E-state index contributed by atoms with van der Waals surface area (Å²) in [7, 11) is 2.65. The largest absolute Gasteiger partial charge is 0.275 e. The molecule has 4 heteroatoms. The molecular formula is C6H8N3P. The Morgan fingerprint density at radius 3 is 2.20 bits per heavy atom. The van der Waals surface area contributed by atoms with Crippen molar-refractivity contribution in [1.29, 1.82) is 0 Å². The molecule has 0 saturated carbocycles. The fourth-order valence-electron chi connectivity index (χ4n) is 1.10. The van der Waals surface area contributed by atoms with Gasteiger partial charge in [-0.2, -0.15) is 0 Å². The standard InChI is InChI=1S/C6H8N3P/c10-9-3-5-6(4-9)8-2-1-7-5/h1-2H,3-4,10H2. The lowest BCUT2D eigenvalue weighted by molar-refractivity contribution is 0.502. The molecule has 1 unspecified atom stereocenters. The monoisotopic (exact) mass is 153 g/mol. The smallest absolute Gasteiger partial charge is 0.0775 e. The molecule has 0 aliphatic carbocycles. The lowest BCUT2D eigenvalue weighted by atomic mass is 10.4. The van der Waals surface area contributed by atoms with Gasteiger partial charge in [0.15, 0.2) is 0 Å². The van der Waals surface area contributed by atoms with Gasteiger partial charge in [0, 0.05) is 25.5 Å². The average Bonchev–Trinajstić information content (AvgIpc) is 2.27. The molecule has 1 aliphatic heterocycles. The minimum Gasteiger partial charge on any atom is -0.275 e. The van der Waals surface area contributed by atoms with E-state index in [-0.39, 0.29) is 0 Å². The van der Waals surface area contributed by atoms with Crippen molar-refractivity contribution in [3.63, 3.8) is 0 Å². The Labute approximate surface area is 61.7 Å². The fourth-order valence-corrected chi connectivity index (χ4v) is 1.45. The van der Waals surface area contributed by atoms with Crippen LogP contribution < -0.4 is 0 Å². The molecule has 52 valence electrons. The average molecular weight is 153 g/mol. The van der Waals surface area contributed by atoms with Crippen LogP contribution in [0.1, 0.15) is 11.4 Å². The van der Waals surface area contributed by atoms with E-state index in [1.54, 1.807) is 12.4 Å². The van der Waals surface area contributed by atoms with Gasteiger partial charge in [-0.3, -0.25) is 14.6 Å². The van der Waals surface area contributed by atoms with E-state index in [0.29, 0.717) is 0 Å². The van der Waals surface area contributed by atoms with Crippen LogP contribution in [0.4, 0.5) is 0 Å². The maximum Gasteiger partial charge on any atom is 0.0775 e. The van der Waals surface area contributed by atoms with Crippen molar-refractivity contribution < 1.29 is 0 Å². The molecule has 1 aromatic rings. The van der Waals surface area contributed by atoms with Crippen LogP contribution >= 0.6 is 9.39 Å². The Kier molecular flexibility index (Phi) is 1.40. The minimum absolute atomic E-state index is 0.911. The summed E-state index contributed by atoms with van der Waals surface area (Å²) in [6, 6.07) is 0. The van der Waals surface area contributed by atoms with E-state index in [1.165, 1.54) is 0 Å². The zero-order valence-electron chi connectivity index (χ0n) is 5.49. The molecule has 0 amide bonds. The Morgan fingerprint density at radius 1 is 1.20 bits per heavy atom. The van der Waals surface area contributed by atoms with Crippen LogP contribution in [0.3, 0.4) is 0 Å². The van der Waals surface area contributed by atoms with Gasteiger partial charge in [-0.1, -0.05) is 9.39 Å². The first kappa shape index (κ1) is 6.20. The summed E-state index contributed by atoms with van der Waals surface area (Å²) in [6.07, 6.45) is 3.48. The summed E-state index contributed by atoms with van der Waals surface area (Å²) < 4.78 is 2.12. The van der Waals surface area contributed by atoms with Gasteiger partial charge in [0.1, 0.15) is 0 Å². The van der Waals surface area contributed by atoms with Crippen molar-refractivity contribution in [3.05, 3.63) is 23.8 Å². The number of nitrogens with zero attached hydrogens (tertiary/aromatic N) is 3. The minimum atomic E-state index is 0.911. The molecule has 0 radical (unpaired) electrons. The van der Waals surface area contributed by atoms with Gasteiger partial charge in [0.25, 0.3) is 0 Å². The zero-order valence-corrected chi connectivity index (χ0v) is 6.64. The van der Waals surface area contributed by atoms with Crippen molar-refractivity contribution >= 4 is 9.39 Å². The molecule has 0 spiro atoms. The maximum absolute atomic E-state index is 4.19. The van der Waals surface area contributed by atoms with Crippen LogP contribution in [0.2, 0.25) is 0 Å². The molecule has 1 atom stereocenters. The van der Waals surface area contributed by atoms with Crippen LogP contribution in [-0.4, -0.2) is 14.6 Å². The number of rotatable bonds is 0. The molecule has 0 N–H and O–H groups in total. The third kappa shape index (κ3) is 0.917. The highest BCUT2D eigenvalue weighted by molar-refractivity contribution is 7.13. The van der Waals surface area contributed by atoms with Crippen LogP contribution in [0.25, 0.3) is 0 Å². The fraction of sp³-hybridized carbons (Fsp3) is 0.333. The predicted octanol–water partition coefficient (Wildman–Crippen LogP) is 0.582. The van der Waals surface area contributed by atoms with Gasteiger partial charge in [0.2, 0.25) is 0 Å². The van der Waals surface area contributed by atoms with Gasteiger partial charge < -0.3 is 0 Å². The number of aromatic nitrogens is 2. The van der Waals surface area contributed by atoms with E-state index >= 15 is 0 Å². The zero-order chi connectivity index (χ0) is 6.97. The molecule has 2 heterocycles. The Bertz CT molecular complexity index is 226. The Hall–Kier alpha value is -0.530. The lowest BCUT2D eigenvalue weighted by Gasteiger charge is -2.00. The summed E-state index contributed by atoms with van der Waals surface area (Å²) in [5, 5.41) is 0. The number of fused-ring (bicyclic) bond motifs is 1. The first-order valence-electron chi connectivity index (χ1n) is 3.14. The summed E-state index contributed by atoms with van der Waals surface area (Å²) >= 11 is 0. The van der Waals surface area contributed by atoms with E-state index in [1.807, 2.05) is 0 Å². The van der Waals surface area contributed by atoms with Crippen LogP contribution in [-0.2, 0) is 13.1 Å². The first-order chi connectivity index (χ1) is 4.86. The second kappa shape index (κ2) is 2.26.